The molecular formula is C15H12BrClN2O2. The number of primary amides is 1. The molecule has 0 radical (unpaired) electrons. The number of carbonyl (C=O) groups is 2. The lowest BCUT2D eigenvalue weighted by molar-refractivity contribution is 0.0998. The molecule has 0 aliphatic carbocycles. The Labute approximate surface area is 135 Å². The summed E-state index contributed by atoms with van der Waals surface area (Å²) in [5.41, 5.74) is 7.42. The van der Waals surface area contributed by atoms with Crippen LogP contribution in [0.15, 0.2) is 40.9 Å². The highest BCUT2D eigenvalue weighted by Gasteiger charge is 2.10. The van der Waals surface area contributed by atoms with Crippen molar-refractivity contribution in [3.63, 3.8) is 0 Å². The lowest BCUT2D eigenvalue weighted by atomic mass is 10.1. The smallest absolute Gasteiger partial charge is 0.255 e. The fraction of sp³-hybridized carbons (Fsp3) is 0.0667. The molecule has 2 amide bonds. The summed E-state index contributed by atoms with van der Waals surface area (Å²) in [4.78, 5) is 23.3. The van der Waals surface area contributed by atoms with E-state index in [4.69, 9.17) is 17.3 Å². The second-order valence-electron chi connectivity index (χ2n) is 4.48. The van der Waals surface area contributed by atoms with Gasteiger partial charge in [0.15, 0.2) is 0 Å². The first-order chi connectivity index (χ1) is 9.88. The number of nitrogens with one attached hydrogen (secondary N) is 1. The third-order valence-electron chi connectivity index (χ3n) is 2.94. The molecule has 0 fully saturated rings. The SMILES string of the molecule is Cc1cc(C(N)=O)ccc1NC(=O)c1ccc(Br)c(Cl)c1. The molecule has 0 saturated heterocycles. The monoisotopic (exact) mass is 366 g/mol. The summed E-state index contributed by atoms with van der Waals surface area (Å²) >= 11 is 9.24. The summed E-state index contributed by atoms with van der Waals surface area (Å²) < 4.78 is 0.725. The minimum absolute atomic E-state index is 0.278. The molecule has 6 heteroatoms. The number of hydrogen-bond acceptors (Lipinski definition) is 2. The van der Waals surface area contributed by atoms with Crippen LogP contribution in [-0.2, 0) is 0 Å². The molecule has 0 saturated carbocycles. The van der Waals surface area contributed by atoms with E-state index in [2.05, 4.69) is 21.2 Å². The molecule has 0 bridgehead atoms. The van der Waals surface area contributed by atoms with Crippen LogP contribution < -0.4 is 11.1 Å². The molecule has 2 rings (SSSR count). The Morgan fingerprint density at radius 1 is 1.14 bits per heavy atom. The summed E-state index contributed by atoms with van der Waals surface area (Å²) in [6, 6.07) is 9.80. The average molecular weight is 368 g/mol. The number of rotatable bonds is 3. The molecule has 0 heterocycles. The first kappa shape index (κ1) is 15.5. The van der Waals surface area contributed by atoms with Crippen LogP contribution in [0.3, 0.4) is 0 Å². The molecule has 2 aromatic carbocycles. The quantitative estimate of drug-likeness (QED) is 0.867. The Bertz CT molecular complexity index is 732. The van der Waals surface area contributed by atoms with Crippen molar-refractivity contribution in [2.45, 2.75) is 6.92 Å². The highest BCUT2D eigenvalue weighted by Crippen LogP contribution is 2.24. The number of benzene rings is 2. The van der Waals surface area contributed by atoms with Crippen molar-refractivity contribution in [3.05, 3.63) is 62.6 Å². The zero-order chi connectivity index (χ0) is 15.6. The maximum absolute atomic E-state index is 12.2. The third kappa shape index (κ3) is 3.62. The van der Waals surface area contributed by atoms with E-state index in [1.165, 1.54) is 0 Å². The van der Waals surface area contributed by atoms with Crippen molar-refractivity contribution < 1.29 is 9.59 Å². The zero-order valence-electron chi connectivity index (χ0n) is 11.1. The zero-order valence-corrected chi connectivity index (χ0v) is 13.5. The molecule has 0 aromatic heterocycles. The Kier molecular flexibility index (Phi) is 4.65. The number of halogens is 2. The van der Waals surface area contributed by atoms with Gasteiger partial charge in [0.05, 0.1) is 5.02 Å². The summed E-state index contributed by atoms with van der Waals surface area (Å²) in [6.45, 7) is 1.79. The van der Waals surface area contributed by atoms with E-state index in [1.807, 2.05) is 0 Å². The first-order valence-electron chi connectivity index (χ1n) is 6.05. The molecule has 0 unspecified atom stereocenters. The van der Waals surface area contributed by atoms with Gasteiger partial charge in [-0.05, 0) is 64.8 Å². The van der Waals surface area contributed by atoms with Gasteiger partial charge in [-0.3, -0.25) is 9.59 Å². The number of nitrogens with two attached hydrogens (primary N) is 1. The largest absolute Gasteiger partial charge is 0.366 e. The highest BCUT2D eigenvalue weighted by atomic mass is 79.9. The van der Waals surface area contributed by atoms with Crippen LogP contribution in [0.1, 0.15) is 26.3 Å². The van der Waals surface area contributed by atoms with Crippen molar-refractivity contribution in [2.24, 2.45) is 5.73 Å². The van der Waals surface area contributed by atoms with Crippen molar-refractivity contribution >= 4 is 45.0 Å². The maximum atomic E-state index is 12.2. The third-order valence-corrected chi connectivity index (χ3v) is 4.17. The molecule has 2 aromatic rings. The van der Waals surface area contributed by atoms with Gasteiger partial charge in [-0.2, -0.15) is 0 Å². The van der Waals surface area contributed by atoms with Gasteiger partial charge in [0.25, 0.3) is 5.91 Å². The van der Waals surface area contributed by atoms with E-state index in [0.29, 0.717) is 21.8 Å². The summed E-state index contributed by atoms with van der Waals surface area (Å²) in [5, 5.41) is 3.24. The normalized spacial score (nSPS) is 10.2. The number of anilines is 1. The average Bonchev–Trinajstić information content (AvgIpc) is 2.43. The lowest BCUT2D eigenvalue weighted by Gasteiger charge is -2.10. The first-order valence-corrected chi connectivity index (χ1v) is 7.22. The van der Waals surface area contributed by atoms with Crippen LogP contribution in [0.25, 0.3) is 0 Å². The molecule has 21 heavy (non-hydrogen) atoms. The summed E-state index contributed by atoms with van der Waals surface area (Å²) in [6.07, 6.45) is 0. The van der Waals surface area contributed by atoms with Crippen LogP contribution in [0.4, 0.5) is 5.69 Å². The van der Waals surface area contributed by atoms with Gasteiger partial charge in [-0.1, -0.05) is 11.6 Å². The summed E-state index contributed by atoms with van der Waals surface area (Å²) in [5.74, 6) is -0.782. The van der Waals surface area contributed by atoms with Crippen molar-refractivity contribution in [2.75, 3.05) is 5.32 Å². The molecule has 108 valence electrons. The second-order valence-corrected chi connectivity index (χ2v) is 5.74. The fourth-order valence-electron chi connectivity index (χ4n) is 1.79. The van der Waals surface area contributed by atoms with Crippen molar-refractivity contribution in [3.8, 4) is 0 Å². The number of hydrogen-bond donors (Lipinski definition) is 2. The van der Waals surface area contributed by atoms with Gasteiger partial charge in [0, 0.05) is 21.3 Å². The van der Waals surface area contributed by atoms with Crippen LogP contribution in [0.2, 0.25) is 5.02 Å². The molecule has 0 aliphatic heterocycles. The Balaban J connectivity index is 2.23. The number of aryl methyl sites for hydroxylation is 1. The second kappa shape index (κ2) is 6.28. The predicted octanol–water partition coefficient (Wildman–Crippen LogP) is 3.76. The molecule has 3 N–H and O–H groups in total. The van der Waals surface area contributed by atoms with E-state index < -0.39 is 5.91 Å². The van der Waals surface area contributed by atoms with E-state index in [9.17, 15) is 9.59 Å². The maximum Gasteiger partial charge on any atom is 0.255 e. The van der Waals surface area contributed by atoms with E-state index in [-0.39, 0.29) is 5.91 Å². The molecule has 0 aliphatic rings. The Morgan fingerprint density at radius 2 is 1.81 bits per heavy atom. The topological polar surface area (TPSA) is 72.2 Å². The van der Waals surface area contributed by atoms with Gasteiger partial charge in [-0.25, -0.2) is 0 Å². The summed E-state index contributed by atoms with van der Waals surface area (Å²) in [7, 11) is 0. The molecule has 0 spiro atoms. The highest BCUT2D eigenvalue weighted by molar-refractivity contribution is 9.10. The van der Waals surface area contributed by atoms with Crippen LogP contribution in [0.5, 0.6) is 0 Å². The van der Waals surface area contributed by atoms with E-state index in [1.54, 1.807) is 43.3 Å². The molecular weight excluding hydrogens is 356 g/mol. The Hall–Kier alpha value is -1.85. The van der Waals surface area contributed by atoms with Gasteiger partial charge in [0.2, 0.25) is 5.91 Å². The minimum Gasteiger partial charge on any atom is -0.366 e. The standard InChI is InChI=1S/C15H12BrClN2O2/c1-8-6-9(14(18)20)3-5-13(8)19-15(21)10-2-4-11(16)12(17)7-10/h2-7H,1H3,(H2,18,20)(H,19,21). The molecule has 4 nitrogen and oxygen atoms in total. The van der Waals surface area contributed by atoms with E-state index in [0.717, 1.165) is 10.0 Å². The van der Waals surface area contributed by atoms with Crippen LogP contribution >= 0.6 is 27.5 Å². The predicted molar refractivity (Wildman–Crippen MR) is 86.8 cm³/mol. The van der Waals surface area contributed by atoms with Gasteiger partial charge in [-0.15, -0.1) is 0 Å². The number of carbonyl (C=O) groups excluding carboxylic acids is 2. The van der Waals surface area contributed by atoms with Crippen LogP contribution in [0, 0.1) is 6.92 Å². The Morgan fingerprint density at radius 3 is 2.38 bits per heavy atom. The molecule has 0 atom stereocenters. The van der Waals surface area contributed by atoms with Crippen molar-refractivity contribution in [1.82, 2.24) is 0 Å². The van der Waals surface area contributed by atoms with Gasteiger partial charge < -0.3 is 11.1 Å². The van der Waals surface area contributed by atoms with Crippen LogP contribution in [-0.4, -0.2) is 11.8 Å². The van der Waals surface area contributed by atoms with Gasteiger partial charge >= 0.3 is 0 Å². The minimum atomic E-state index is -0.504. The lowest BCUT2D eigenvalue weighted by Crippen LogP contribution is -2.14. The van der Waals surface area contributed by atoms with Gasteiger partial charge in [0.1, 0.15) is 0 Å². The van der Waals surface area contributed by atoms with E-state index >= 15 is 0 Å². The number of amides is 2. The fourth-order valence-corrected chi connectivity index (χ4v) is 2.22. The van der Waals surface area contributed by atoms with Crippen molar-refractivity contribution in [1.29, 1.82) is 0 Å².